The number of halogens is 3. The molecule has 1 saturated carbocycles. The van der Waals surface area contributed by atoms with Gasteiger partial charge in [-0.2, -0.15) is 0 Å². The number of nitrogens with zero attached hydrogens (tertiary/aromatic N) is 1. The van der Waals surface area contributed by atoms with Gasteiger partial charge in [0.05, 0.1) is 0 Å². The van der Waals surface area contributed by atoms with Gasteiger partial charge in [0.15, 0.2) is 17.6 Å². The van der Waals surface area contributed by atoms with Crippen LogP contribution in [0, 0.1) is 11.6 Å². The average Bonchev–Trinajstić information content (AvgIpc) is 2.54. The molecule has 1 fully saturated rings. The fourth-order valence-corrected chi connectivity index (χ4v) is 2.82. The lowest BCUT2D eigenvalue weighted by Crippen LogP contribution is -2.45. The maximum absolute atomic E-state index is 13.3. The van der Waals surface area contributed by atoms with Crippen LogP contribution in [0.4, 0.5) is 8.78 Å². The first kappa shape index (κ1) is 20.1. The molecule has 1 aliphatic carbocycles. The molecule has 0 spiro atoms. The molecule has 2 N–H and O–H groups in total. The van der Waals surface area contributed by atoms with Gasteiger partial charge >= 0.3 is 0 Å². The van der Waals surface area contributed by atoms with Crippen LogP contribution in [0.1, 0.15) is 50.5 Å². The zero-order chi connectivity index (χ0) is 15.9. The van der Waals surface area contributed by atoms with Crippen molar-refractivity contribution in [3.05, 3.63) is 35.4 Å². The standard InChI is InChI=1S/C17H25F2N3.HI/c1-12(13-8-9-15(18)16(19)10-13)11-21-17(20-2)22-14-6-4-3-5-7-14;/h8-10,12,14H,3-7,11H2,1-2H3,(H2,20,21,22);1H. The molecule has 0 aliphatic heterocycles. The summed E-state index contributed by atoms with van der Waals surface area (Å²) >= 11 is 0. The molecule has 3 nitrogen and oxygen atoms in total. The lowest BCUT2D eigenvalue weighted by molar-refractivity contribution is 0.409. The highest BCUT2D eigenvalue weighted by molar-refractivity contribution is 14.0. The lowest BCUT2D eigenvalue weighted by Gasteiger charge is -2.25. The van der Waals surface area contributed by atoms with E-state index in [1.54, 1.807) is 13.1 Å². The van der Waals surface area contributed by atoms with Gasteiger partial charge in [0, 0.05) is 19.6 Å². The van der Waals surface area contributed by atoms with E-state index in [-0.39, 0.29) is 29.9 Å². The molecule has 0 heterocycles. The summed E-state index contributed by atoms with van der Waals surface area (Å²) in [5.74, 6) is -0.755. The smallest absolute Gasteiger partial charge is 0.191 e. The zero-order valence-corrected chi connectivity index (χ0v) is 16.1. The molecular formula is C17H26F2IN3. The number of guanidine groups is 1. The summed E-state index contributed by atoms with van der Waals surface area (Å²) in [6.07, 6.45) is 6.20. The number of benzene rings is 1. The third kappa shape index (κ3) is 6.24. The van der Waals surface area contributed by atoms with Crippen LogP contribution in [-0.4, -0.2) is 25.6 Å². The van der Waals surface area contributed by atoms with Crippen molar-refractivity contribution in [2.45, 2.75) is 51.0 Å². The average molecular weight is 437 g/mol. The Morgan fingerprint density at radius 2 is 1.91 bits per heavy atom. The zero-order valence-electron chi connectivity index (χ0n) is 13.7. The monoisotopic (exact) mass is 437 g/mol. The second kappa shape index (κ2) is 10.1. The topological polar surface area (TPSA) is 36.4 Å². The molecule has 0 amide bonds. The van der Waals surface area contributed by atoms with E-state index in [1.807, 2.05) is 6.92 Å². The first-order valence-corrected chi connectivity index (χ1v) is 8.02. The van der Waals surface area contributed by atoms with Gasteiger partial charge in [-0.05, 0) is 36.5 Å². The molecule has 0 bridgehead atoms. The minimum Gasteiger partial charge on any atom is -0.356 e. The maximum atomic E-state index is 13.3. The van der Waals surface area contributed by atoms with Gasteiger partial charge < -0.3 is 10.6 Å². The molecule has 0 aromatic heterocycles. The van der Waals surface area contributed by atoms with Crippen LogP contribution < -0.4 is 10.6 Å². The number of nitrogens with one attached hydrogen (secondary N) is 2. The molecule has 1 aromatic rings. The van der Waals surface area contributed by atoms with Crippen LogP contribution >= 0.6 is 24.0 Å². The van der Waals surface area contributed by atoms with E-state index in [0.29, 0.717) is 12.6 Å². The van der Waals surface area contributed by atoms with Crippen LogP contribution in [0.25, 0.3) is 0 Å². The van der Waals surface area contributed by atoms with Crippen LogP contribution in [0.2, 0.25) is 0 Å². The van der Waals surface area contributed by atoms with Gasteiger partial charge in [0.1, 0.15) is 0 Å². The highest BCUT2D eigenvalue weighted by Gasteiger charge is 2.15. The first-order chi connectivity index (χ1) is 10.6. The summed E-state index contributed by atoms with van der Waals surface area (Å²) in [6.45, 7) is 2.60. The van der Waals surface area contributed by atoms with Gasteiger partial charge in [0.2, 0.25) is 0 Å². The minimum absolute atomic E-state index is 0. The fourth-order valence-electron chi connectivity index (χ4n) is 2.82. The molecule has 2 rings (SSSR count). The van der Waals surface area contributed by atoms with Gasteiger partial charge in [-0.3, -0.25) is 4.99 Å². The molecule has 6 heteroatoms. The summed E-state index contributed by atoms with van der Waals surface area (Å²) in [5, 5.41) is 6.71. The van der Waals surface area contributed by atoms with Crippen molar-refractivity contribution in [1.29, 1.82) is 0 Å². The van der Waals surface area contributed by atoms with Crippen LogP contribution in [0.3, 0.4) is 0 Å². The van der Waals surface area contributed by atoms with Gasteiger partial charge in [0.25, 0.3) is 0 Å². The molecule has 1 aliphatic rings. The first-order valence-electron chi connectivity index (χ1n) is 8.02. The van der Waals surface area contributed by atoms with E-state index < -0.39 is 11.6 Å². The van der Waals surface area contributed by atoms with E-state index in [2.05, 4.69) is 15.6 Å². The number of aliphatic imine (C=N–C) groups is 1. The molecule has 1 atom stereocenters. The van der Waals surface area contributed by atoms with E-state index in [4.69, 9.17) is 0 Å². The van der Waals surface area contributed by atoms with Crippen molar-refractivity contribution in [3.63, 3.8) is 0 Å². The van der Waals surface area contributed by atoms with Crippen LogP contribution in [0.15, 0.2) is 23.2 Å². The maximum Gasteiger partial charge on any atom is 0.191 e. The fraction of sp³-hybridized carbons (Fsp3) is 0.588. The second-order valence-electron chi connectivity index (χ2n) is 6.01. The molecular weight excluding hydrogens is 411 g/mol. The Bertz CT molecular complexity index is 517. The Balaban J connectivity index is 0.00000264. The van der Waals surface area contributed by atoms with Crippen molar-refractivity contribution < 1.29 is 8.78 Å². The normalized spacial score (nSPS) is 17.3. The van der Waals surface area contributed by atoms with Gasteiger partial charge in [-0.25, -0.2) is 8.78 Å². The summed E-state index contributed by atoms with van der Waals surface area (Å²) in [5.41, 5.74) is 0.777. The van der Waals surface area contributed by atoms with Crippen molar-refractivity contribution in [2.75, 3.05) is 13.6 Å². The number of hydrogen-bond donors (Lipinski definition) is 2. The number of hydrogen-bond acceptors (Lipinski definition) is 1. The molecule has 1 aromatic carbocycles. The van der Waals surface area contributed by atoms with Crippen molar-refractivity contribution in [2.24, 2.45) is 4.99 Å². The van der Waals surface area contributed by atoms with Crippen LogP contribution in [-0.2, 0) is 0 Å². The van der Waals surface area contributed by atoms with Crippen molar-refractivity contribution >= 4 is 29.9 Å². The Kier molecular flexibility index (Phi) is 8.79. The third-order valence-electron chi connectivity index (χ3n) is 4.26. The summed E-state index contributed by atoms with van der Waals surface area (Å²) < 4.78 is 26.3. The largest absolute Gasteiger partial charge is 0.356 e. The van der Waals surface area contributed by atoms with E-state index >= 15 is 0 Å². The predicted molar refractivity (Wildman–Crippen MR) is 102 cm³/mol. The molecule has 23 heavy (non-hydrogen) atoms. The highest BCUT2D eigenvalue weighted by Crippen LogP contribution is 2.18. The minimum atomic E-state index is -0.807. The SMILES string of the molecule is CN=C(NCC(C)c1ccc(F)c(F)c1)NC1CCCCC1.I. The highest BCUT2D eigenvalue weighted by atomic mass is 127. The Labute approximate surface area is 154 Å². The van der Waals surface area contributed by atoms with Crippen molar-refractivity contribution in [3.8, 4) is 0 Å². The van der Waals surface area contributed by atoms with E-state index in [9.17, 15) is 8.78 Å². The molecule has 0 saturated heterocycles. The summed E-state index contributed by atoms with van der Waals surface area (Å²) in [6, 6.07) is 4.55. The third-order valence-corrected chi connectivity index (χ3v) is 4.26. The quantitative estimate of drug-likeness (QED) is 0.421. The molecule has 1 unspecified atom stereocenters. The lowest BCUT2D eigenvalue weighted by atomic mass is 9.96. The Hall–Kier alpha value is -0.920. The summed E-state index contributed by atoms with van der Waals surface area (Å²) in [7, 11) is 1.75. The van der Waals surface area contributed by atoms with Gasteiger partial charge in [-0.1, -0.05) is 32.3 Å². The number of rotatable bonds is 4. The van der Waals surface area contributed by atoms with Crippen LogP contribution in [0.5, 0.6) is 0 Å². The van der Waals surface area contributed by atoms with E-state index in [0.717, 1.165) is 11.5 Å². The Morgan fingerprint density at radius 1 is 1.22 bits per heavy atom. The molecule has 130 valence electrons. The Morgan fingerprint density at radius 3 is 2.52 bits per heavy atom. The van der Waals surface area contributed by atoms with Gasteiger partial charge in [-0.15, -0.1) is 24.0 Å². The second-order valence-corrected chi connectivity index (χ2v) is 6.01. The van der Waals surface area contributed by atoms with Crippen molar-refractivity contribution in [1.82, 2.24) is 10.6 Å². The predicted octanol–water partition coefficient (Wildman–Crippen LogP) is 4.18. The van der Waals surface area contributed by atoms with E-state index in [1.165, 1.54) is 44.2 Å². The molecule has 0 radical (unpaired) electrons. The summed E-state index contributed by atoms with van der Waals surface area (Å²) in [4.78, 5) is 4.24.